The third-order valence-corrected chi connectivity index (χ3v) is 4.17. The predicted octanol–water partition coefficient (Wildman–Crippen LogP) is 4.13. The lowest BCUT2D eigenvalue weighted by molar-refractivity contribution is 0.0697. The highest BCUT2D eigenvalue weighted by molar-refractivity contribution is 7.98. The van der Waals surface area contributed by atoms with Crippen LogP contribution in [0.4, 0.5) is 0 Å². The summed E-state index contributed by atoms with van der Waals surface area (Å²) in [4.78, 5) is 12.1. The molecule has 0 radical (unpaired) electrons. The van der Waals surface area contributed by atoms with Crippen molar-refractivity contribution in [2.24, 2.45) is 0 Å². The molecule has 0 unspecified atom stereocenters. The summed E-state index contributed by atoms with van der Waals surface area (Å²) in [6.07, 6.45) is 0. The second-order valence-electron chi connectivity index (χ2n) is 4.46. The van der Waals surface area contributed by atoms with Crippen molar-refractivity contribution in [3.8, 4) is 5.75 Å². The molecule has 2 aromatic carbocycles. The number of aromatic carboxylic acids is 1. The van der Waals surface area contributed by atoms with Gasteiger partial charge in [0.25, 0.3) is 0 Å². The zero-order valence-electron chi connectivity index (χ0n) is 10.9. The number of rotatable bonds is 4. The Kier molecular flexibility index (Phi) is 3.58. The van der Waals surface area contributed by atoms with E-state index in [1.54, 1.807) is 42.5 Å². The molecule has 0 aliphatic carbocycles. The smallest absolute Gasteiger partial charge is 0.339 e. The Bertz CT molecular complexity index is 807. The lowest BCUT2D eigenvalue weighted by Crippen LogP contribution is -1.98. The van der Waals surface area contributed by atoms with Gasteiger partial charge in [0.1, 0.15) is 22.7 Å². The van der Waals surface area contributed by atoms with Crippen LogP contribution in [0.15, 0.2) is 57.8 Å². The molecular formula is C16H12O4S. The highest BCUT2D eigenvalue weighted by Gasteiger charge is 2.20. The maximum atomic E-state index is 11.5. The number of hydrogen-bond acceptors (Lipinski definition) is 4. The zero-order chi connectivity index (χ0) is 14.8. The molecule has 106 valence electrons. The highest BCUT2D eigenvalue weighted by atomic mass is 32.2. The number of thioether (sulfide) groups is 1. The predicted molar refractivity (Wildman–Crippen MR) is 80.8 cm³/mol. The number of phenolic OH excluding ortho intramolecular Hbond substituents is 1. The van der Waals surface area contributed by atoms with Crippen LogP contribution in [0.3, 0.4) is 0 Å². The van der Waals surface area contributed by atoms with Crippen molar-refractivity contribution in [3.63, 3.8) is 0 Å². The van der Waals surface area contributed by atoms with Gasteiger partial charge in [-0.05, 0) is 18.2 Å². The fraction of sp³-hybridized carbons (Fsp3) is 0.0625. The summed E-state index contributed by atoms with van der Waals surface area (Å²) in [5, 5.41) is 19.7. The molecule has 0 atom stereocenters. The highest BCUT2D eigenvalue weighted by Crippen LogP contribution is 2.34. The number of benzene rings is 2. The number of aromatic hydroxyl groups is 1. The van der Waals surface area contributed by atoms with E-state index in [0.717, 1.165) is 0 Å². The second-order valence-corrected chi connectivity index (χ2v) is 5.48. The Morgan fingerprint density at radius 1 is 1.10 bits per heavy atom. The quantitative estimate of drug-likeness (QED) is 0.709. The summed E-state index contributed by atoms with van der Waals surface area (Å²) in [6.45, 7) is 0. The number of phenols is 1. The van der Waals surface area contributed by atoms with Crippen LogP contribution in [-0.2, 0) is 5.75 Å². The first kappa shape index (κ1) is 13.6. The van der Waals surface area contributed by atoms with Crippen LogP contribution in [0.1, 0.15) is 16.1 Å². The Morgan fingerprint density at radius 2 is 1.81 bits per heavy atom. The van der Waals surface area contributed by atoms with Crippen LogP contribution in [-0.4, -0.2) is 16.2 Å². The average molecular weight is 300 g/mol. The van der Waals surface area contributed by atoms with Gasteiger partial charge in [-0.25, -0.2) is 4.79 Å². The number of furan rings is 1. The normalized spacial score (nSPS) is 10.9. The molecule has 5 heteroatoms. The third kappa shape index (κ3) is 2.60. The van der Waals surface area contributed by atoms with Gasteiger partial charge in [-0.1, -0.05) is 30.3 Å². The van der Waals surface area contributed by atoms with Crippen molar-refractivity contribution in [1.29, 1.82) is 0 Å². The van der Waals surface area contributed by atoms with Gasteiger partial charge in [-0.2, -0.15) is 0 Å². The minimum absolute atomic E-state index is 0.176. The molecule has 21 heavy (non-hydrogen) atoms. The molecule has 1 heterocycles. The molecule has 0 spiro atoms. The van der Waals surface area contributed by atoms with Crippen LogP contribution in [0, 0.1) is 0 Å². The number of hydrogen-bond donors (Lipinski definition) is 2. The van der Waals surface area contributed by atoms with Crippen LogP contribution in [0.25, 0.3) is 11.0 Å². The Labute approximate surface area is 125 Å². The van der Waals surface area contributed by atoms with E-state index in [0.29, 0.717) is 27.4 Å². The summed E-state index contributed by atoms with van der Waals surface area (Å²) in [7, 11) is 0. The van der Waals surface area contributed by atoms with E-state index in [-0.39, 0.29) is 11.3 Å². The Hall–Kier alpha value is -2.40. The molecule has 1 aromatic heterocycles. The van der Waals surface area contributed by atoms with E-state index in [9.17, 15) is 15.0 Å². The van der Waals surface area contributed by atoms with Crippen molar-refractivity contribution >= 4 is 28.7 Å². The van der Waals surface area contributed by atoms with Crippen LogP contribution in [0.2, 0.25) is 0 Å². The molecule has 0 saturated heterocycles. The molecular weight excluding hydrogens is 288 g/mol. The SMILES string of the molecule is O=C(O)c1c(CSc2ccccc2O)oc2ccccc12. The van der Waals surface area contributed by atoms with E-state index >= 15 is 0 Å². The van der Waals surface area contributed by atoms with Crippen LogP contribution >= 0.6 is 11.8 Å². The van der Waals surface area contributed by atoms with Gasteiger partial charge in [0.05, 0.1) is 5.75 Å². The molecule has 3 aromatic rings. The van der Waals surface area contributed by atoms with Crippen molar-refractivity contribution < 1.29 is 19.4 Å². The van der Waals surface area contributed by atoms with Gasteiger partial charge in [0.2, 0.25) is 0 Å². The molecule has 3 rings (SSSR count). The molecule has 0 fully saturated rings. The van der Waals surface area contributed by atoms with Crippen LogP contribution in [0.5, 0.6) is 5.75 Å². The summed E-state index contributed by atoms with van der Waals surface area (Å²) in [6, 6.07) is 14.0. The summed E-state index contributed by atoms with van der Waals surface area (Å²) in [5.74, 6) is -0.0891. The van der Waals surface area contributed by atoms with Gasteiger partial charge in [-0.3, -0.25) is 0 Å². The van der Waals surface area contributed by atoms with Gasteiger partial charge in [0.15, 0.2) is 0 Å². The number of para-hydroxylation sites is 2. The second kappa shape index (κ2) is 5.54. The molecule has 0 saturated carbocycles. The first-order valence-corrected chi connectivity index (χ1v) is 7.30. The number of fused-ring (bicyclic) bond motifs is 1. The Morgan fingerprint density at radius 3 is 2.57 bits per heavy atom. The zero-order valence-corrected chi connectivity index (χ0v) is 11.8. The van der Waals surface area contributed by atoms with Gasteiger partial charge < -0.3 is 14.6 Å². The minimum Gasteiger partial charge on any atom is -0.507 e. The van der Waals surface area contributed by atoms with Crippen LogP contribution < -0.4 is 0 Å². The third-order valence-electron chi connectivity index (χ3n) is 3.11. The molecule has 0 aliphatic heterocycles. The van der Waals surface area contributed by atoms with Crippen molar-refractivity contribution in [2.45, 2.75) is 10.6 Å². The Balaban J connectivity index is 1.95. The van der Waals surface area contributed by atoms with Gasteiger partial charge in [-0.15, -0.1) is 11.8 Å². The van der Waals surface area contributed by atoms with E-state index in [4.69, 9.17) is 4.42 Å². The number of carboxylic acid groups (broad SMARTS) is 1. The first-order chi connectivity index (χ1) is 10.2. The maximum Gasteiger partial charge on any atom is 0.339 e. The standard InChI is InChI=1S/C16H12O4S/c17-11-6-2-4-8-14(11)21-9-13-15(16(18)19)10-5-1-3-7-12(10)20-13/h1-8,17H,9H2,(H,18,19). The first-order valence-electron chi connectivity index (χ1n) is 6.31. The van der Waals surface area contributed by atoms with Gasteiger partial charge >= 0.3 is 5.97 Å². The largest absolute Gasteiger partial charge is 0.507 e. The lowest BCUT2D eigenvalue weighted by Gasteiger charge is -2.03. The molecule has 0 bridgehead atoms. The van der Waals surface area contributed by atoms with Crippen molar-refractivity contribution in [3.05, 3.63) is 59.9 Å². The molecule has 0 aliphatic rings. The van der Waals surface area contributed by atoms with Gasteiger partial charge in [0, 0.05) is 10.3 Å². The minimum atomic E-state index is -1.01. The fourth-order valence-electron chi connectivity index (χ4n) is 2.15. The maximum absolute atomic E-state index is 11.5. The summed E-state index contributed by atoms with van der Waals surface area (Å²) >= 11 is 1.34. The molecule has 0 amide bonds. The number of carbonyl (C=O) groups is 1. The number of carboxylic acids is 1. The molecule has 2 N–H and O–H groups in total. The average Bonchev–Trinajstić information content (AvgIpc) is 2.85. The van der Waals surface area contributed by atoms with E-state index < -0.39 is 5.97 Å². The van der Waals surface area contributed by atoms with E-state index in [2.05, 4.69) is 0 Å². The van der Waals surface area contributed by atoms with Crippen molar-refractivity contribution in [1.82, 2.24) is 0 Å². The van der Waals surface area contributed by atoms with Crippen molar-refractivity contribution in [2.75, 3.05) is 0 Å². The van der Waals surface area contributed by atoms with E-state index in [1.807, 2.05) is 6.07 Å². The fourth-order valence-corrected chi connectivity index (χ4v) is 3.04. The lowest BCUT2D eigenvalue weighted by atomic mass is 10.1. The molecule has 4 nitrogen and oxygen atoms in total. The summed E-state index contributed by atoms with van der Waals surface area (Å²) < 4.78 is 5.64. The van der Waals surface area contributed by atoms with E-state index in [1.165, 1.54) is 11.8 Å². The monoisotopic (exact) mass is 300 g/mol. The summed E-state index contributed by atoms with van der Waals surface area (Å²) in [5.41, 5.74) is 0.747. The topological polar surface area (TPSA) is 70.7 Å².